The van der Waals surface area contributed by atoms with Crippen molar-refractivity contribution in [2.45, 2.75) is 69.0 Å². The van der Waals surface area contributed by atoms with E-state index in [4.69, 9.17) is 8.85 Å². The summed E-state index contributed by atoms with van der Waals surface area (Å²) in [7, 11) is -5.35. The van der Waals surface area contributed by atoms with E-state index in [1.165, 1.54) is 25.6 Å². The predicted molar refractivity (Wildman–Crippen MR) is 217 cm³/mol. The second-order valence-electron chi connectivity index (χ2n) is 14.7. The normalized spacial score (nSPS) is 13.4. The molecule has 0 spiro atoms. The van der Waals surface area contributed by atoms with E-state index in [2.05, 4.69) is 205 Å². The summed E-state index contributed by atoms with van der Waals surface area (Å²) in [6.07, 6.45) is 5.33. The molecule has 2 nitrogen and oxygen atoms in total. The first-order valence-electron chi connectivity index (χ1n) is 17.4. The van der Waals surface area contributed by atoms with Crippen molar-refractivity contribution in [2.75, 3.05) is 12.4 Å². The molecule has 0 aliphatic heterocycles. The fourth-order valence-electron chi connectivity index (χ4n) is 7.05. The lowest BCUT2D eigenvalue weighted by atomic mass is 10.2. The topological polar surface area (TPSA) is 18.5 Å². The van der Waals surface area contributed by atoms with Crippen LogP contribution in [0.3, 0.4) is 0 Å². The monoisotopic (exact) mass is 700 g/mol. The van der Waals surface area contributed by atoms with Crippen molar-refractivity contribution in [1.82, 2.24) is 0 Å². The van der Waals surface area contributed by atoms with Crippen molar-refractivity contribution >= 4 is 49.1 Å². The largest absolute Gasteiger partial charge is 0.404 e. The van der Waals surface area contributed by atoms with Crippen LogP contribution < -0.4 is 20.7 Å². The van der Waals surface area contributed by atoms with Gasteiger partial charge in [-0.1, -0.05) is 193 Å². The Morgan fingerprint density at radius 2 is 0.878 bits per heavy atom. The predicted octanol–water partition coefficient (Wildman–Crippen LogP) is 9.25. The maximum atomic E-state index is 7.67. The molecule has 0 saturated carbocycles. The van der Waals surface area contributed by atoms with Crippen LogP contribution in [0.25, 0.3) is 0 Å². The highest BCUT2D eigenvalue weighted by Crippen LogP contribution is 2.39. The Hall–Kier alpha value is -3.46. The molecular weight excluding hydrogens is 649 g/mol. The van der Waals surface area contributed by atoms with Gasteiger partial charge in [-0.2, -0.15) is 0 Å². The summed E-state index contributed by atoms with van der Waals surface area (Å²) in [5.41, 5.74) is 0. The smallest absolute Gasteiger partial charge is 0.261 e. The van der Waals surface area contributed by atoms with Crippen LogP contribution in [0.5, 0.6) is 0 Å². The third-order valence-corrected chi connectivity index (χ3v) is 20.6. The van der Waals surface area contributed by atoms with E-state index in [1.807, 2.05) is 11.8 Å². The maximum Gasteiger partial charge on any atom is 0.261 e. The van der Waals surface area contributed by atoms with Gasteiger partial charge in [-0.25, -0.2) is 0 Å². The average Bonchev–Trinajstić information content (AvgIpc) is 3.11. The van der Waals surface area contributed by atoms with E-state index < -0.39 is 16.6 Å². The molecule has 0 radical (unpaired) electrons. The van der Waals surface area contributed by atoms with Crippen LogP contribution in [0.2, 0.25) is 10.1 Å². The summed E-state index contributed by atoms with van der Waals surface area (Å²) in [6.45, 7) is 14.6. The fraction of sp³-hybridized carbons (Fsp3) is 0.273. The molecule has 0 unspecified atom stereocenters. The van der Waals surface area contributed by atoms with Crippen LogP contribution in [0.15, 0.2) is 169 Å². The maximum absolute atomic E-state index is 7.67. The zero-order valence-corrected chi connectivity index (χ0v) is 32.8. The molecule has 0 fully saturated rings. The van der Waals surface area contributed by atoms with E-state index in [0.29, 0.717) is 6.61 Å². The lowest BCUT2D eigenvalue weighted by molar-refractivity contribution is 0.213. The fourth-order valence-corrected chi connectivity index (χ4v) is 17.3. The summed E-state index contributed by atoms with van der Waals surface area (Å²) < 4.78 is 14.9. The quantitative estimate of drug-likeness (QED) is 0.0654. The first kappa shape index (κ1) is 36.8. The SMILES string of the molecule is CC(C)(C)[Si](OC/C=C/C[C@@H](CSc1ccccc1)O[Si](c1ccccc1)(c1ccccc1)C(C)(C)C)(c1ccccc1)c1ccccc1. The lowest BCUT2D eigenvalue weighted by Crippen LogP contribution is -2.67. The third-order valence-electron chi connectivity index (χ3n) is 9.32. The van der Waals surface area contributed by atoms with Crippen molar-refractivity contribution in [2.24, 2.45) is 0 Å². The molecular formula is C44H52O2SSi2. The zero-order chi connectivity index (χ0) is 34.8. The van der Waals surface area contributed by atoms with Crippen molar-refractivity contribution in [1.29, 1.82) is 0 Å². The number of hydrogen-bond donors (Lipinski definition) is 0. The molecule has 0 aliphatic carbocycles. The van der Waals surface area contributed by atoms with Gasteiger partial charge in [-0.15, -0.1) is 11.8 Å². The number of rotatable bonds is 14. The van der Waals surface area contributed by atoms with Gasteiger partial charge in [0, 0.05) is 10.6 Å². The Labute approximate surface area is 301 Å². The van der Waals surface area contributed by atoms with E-state index in [1.54, 1.807) is 0 Å². The molecule has 0 N–H and O–H groups in total. The van der Waals surface area contributed by atoms with Gasteiger partial charge in [-0.05, 0) is 49.4 Å². The Balaban J connectivity index is 1.46. The van der Waals surface area contributed by atoms with Crippen molar-refractivity contribution in [3.05, 3.63) is 164 Å². The Morgan fingerprint density at radius 3 is 1.27 bits per heavy atom. The first-order chi connectivity index (χ1) is 23.6. The molecule has 5 aromatic rings. The van der Waals surface area contributed by atoms with E-state index in [-0.39, 0.29) is 16.2 Å². The molecule has 5 aromatic carbocycles. The van der Waals surface area contributed by atoms with Gasteiger partial charge in [0.2, 0.25) is 0 Å². The van der Waals surface area contributed by atoms with Gasteiger partial charge in [0.1, 0.15) is 0 Å². The van der Waals surface area contributed by atoms with Crippen molar-refractivity contribution in [3.63, 3.8) is 0 Å². The van der Waals surface area contributed by atoms with E-state index in [0.717, 1.165) is 12.2 Å². The lowest BCUT2D eigenvalue weighted by Gasteiger charge is -2.45. The van der Waals surface area contributed by atoms with Gasteiger partial charge < -0.3 is 8.85 Å². The molecule has 0 bridgehead atoms. The summed E-state index contributed by atoms with van der Waals surface area (Å²) in [4.78, 5) is 1.26. The van der Waals surface area contributed by atoms with Gasteiger partial charge in [-0.3, -0.25) is 0 Å². The molecule has 0 aliphatic rings. The van der Waals surface area contributed by atoms with Crippen molar-refractivity contribution < 1.29 is 8.85 Å². The second-order valence-corrected chi connectivity index (χ2v) is 24.4. The van der Waals surface area contributed by atoms with Crippen LogP contribution in [0.1, 0.15) is 48.0 Å². The van der Waals surface area contributed by atoms with Gasteiger partial charge in [0.15, 0.2) is 0 Å². The summed E-state index contributed by atoms with van der Waals surface area (Å²) in [5, 5.41) is 5.06. The molecule has 254 valence electrons. The molecule has 49 heavy (non-hydrogen) atoms. The standard InChI is InChI=1S/C44H52O2SSi2/c1-43(2,3)48(39-27-14-8-15-28-39,40-29-16-9-17-30-40)45-35-23-22-24-37(36-47-38-25-12-7-13-26-38)46-49(44(4,5)6,41-31-18-10-19-32-41)42-33-20-11-21-34-42/h7-23,25-34,37H,24,35-36H2,1-6H3/b23-22+/t37-/m0/s1. The van der Waals surface area contributed by atoms with Gasteiger partial charge in [0.25, 0.3) is 16.6 Å². The van der Waals surface area contributed by atoms with Crippen molar-refractivity contribution in [3.8, 4) is 0 Å². The van der Waals surface area contributed by atoms with Gasteiger partial charge >= 0.3 is 0 Å². The van der Waals surface area contributed by atoms with E-state index >= 15 is 0 Å². The molecule has 0 saturated heterocycles. The highest BCUT2D eigenvalue weighted by Gasteiger charge is 2.52. The average molecular weight is 701 g/mol. The summed E-state index contributed by atoms with van der Waals surface area (Å²) in [6, 6.07) is 54.4. The van der Waals surface area contributed by atoms with Crippen LogP contribution >= 0.6 is 11.8 Å². The minimum atomic E-state index is -2.73. The Morgan fingerprint density at radius 1 is 0.510 bits per heavy atom. The first-order valence-corrected chi connectivity index (χ1v) is 22.2. The molecule has 1 atom stereocenters. The molecule has 0 heterocycles. The number of benzene rings is 5. The minimum absolute atomic E-state index is 0.000579. The van der Waals surface area contributed by atoms with E-state index in [9.17, 15) is 0 Å². The molecule has 0 aromatic heterocycles. The molecule has 5 heteroatoms. The Kier molecular flexibility index (Phi) is 12.4. The third kappa shape index (κ3) is 8.47. The summed E-state index contributed by atoms with van der Waals surface area (Å²) >= 11 is 1.88. The highest BCUT2D eigenvalue weighted by atomic mass is 32.2. The van der Waals surface area contributed by atoms with Crippen LogP contribution in [-0.2, 0) is 8.85 Å². The second kappa shape index (κ2) is 16.5. The van der Waals surface area contributed by atoms with Gasteiger partial charge in [0.05, 0.1) is 12.7 Å². The highest BCUT2D eigenvalue weighted by molar-refractivity contribution is 7.99. The number of thioether (sulfide) groups is 1. The molecule has 5 rings (SSSR count). The van der Waals surface area contributed by atoms with Crippen LogP contribution in [-0.4, -0.2) is 35.1 Å². The summed E-state index contributed by atoms with van der Waals surface area (Å²) in [5.74, 6) is 0.856. The zero-order valence-electron chi connectivity index (χ0n) is 30.0. The number of hydrogen-bond acceptors (Lipinski definition) is 3. The minimum Gasteiger partial charge on any atom is -0.404 e. The van der Waals surface area contributed by atoms with Crippen LogP contribution in [0.4, 0.5) is 0 Å². The Bertz CT molecular complexity index is 1640. The molecule has 0 amide bonds. The van der Waals surface area contributed by atoms with Crippen LogP contribution in [0, 0.1) is 0 Å².